The molecule has 1 saturated heterocycles. The normalized spacial score (nSPS) is 33.9. The van der Waals surface area contributed by atoms with E-state index in [1.54, 1.807) is 0 Å². The summed E-state index contributed by atoms with van der Waals surface area (Å²) in [7, 11) is 0. The predicted octanol–water partition coefficient (Wildman–Crippen LogP) is 2.20. The molecule has 2 rings (SSSR count). The second-order valence-corrected chi connectivity index (χ2v) is 7.08. The minimum Gasteiger partial charge on any atom is -0.314 e. The van der Waals surface area contributed by atoms with Crippen molar-refractivity contribution in [2.75, 3.05) is 25.4 Å². The molecular weight excluding hydrogens is 216 g/mol. The molecule has 0 radical (unpaired) electrons. The summed E-state index contributed by atoms with van der Waals surface area (Å²) in [4.78, 5) is 2.68. The van der Waals surface area contributed by atoms with E-state index in [-0.39, 0.29) is 0 Å². The molecule has 16 heavy (non-hydrogen) atoms. The average Bonchev–Trinajstić information content (AvgIpc) is 3.06. The van der Waals surface area contributed by atoms with E-state index in [0.29, 0.717) is 0 Å². The van der Waals surface area contributed by atoms with Crippen LogP contribution in [-0.4, -0.2) is 47.6 Å². The maximum Gasteiger partial charge on any atom is 0.0184 e. The first-order chi connectivity index (χ1) is 7.66. The number of nitrogens with zero attached hydrogens (tertiary/aromatic N) is 1. The molecule has 94 valence electrons. The minimum absolute atomic E-state index is 0.752. The zero-order chi connectivity index (χ0) is 11.5. The van der Waals surface area contributed by atoms with Crippen molar-refractivity contribution < 1.29 is 0 Å². The largest absolute Gasteiger partial charge is 0.314 e. The molecule has 0 spiro atoms. The van der Waals surface area contributed by atoms with Crippen molar-refractivity contribution in [3.05, 3.63) is 0 Å². The summed E-state index contributed by atoms with van der Waals surface area (Å²) >= 11 is 2.13. The van der Waals surface area contributed by atoms with Gasteiger partial charge in [-0.15, -0.1) is 0 Å². The van der Waals surface area contributed by atoms with E-state index >= 15 is 0 Å². The van der Waals surface area contributed by atoms with E-state index in [9.17, 15) is 0 Å². The van der Waals surface area contributed by atoms with E-state index in [2.05, 4.69) is 42.7 Å². The third kappa shape index (κ3) is 3.64. The van der Waals surface area contributed by atoms with Gasteiger partial charge in [0.05, 0.1) is 0 Å². The van der Waals surface area contributed by atoms with Gasteiger partial charge in [0.25, 0.3) is 0 Å². The van der Waals surface area contributed by atoms with Crippen LogP contribution in [-0.2, 0) is 0 Å². The summed E-state index contributed by atoms with van der Waals surface area (Å²) in [5.74, 6) is 2.10. The van der Waals surface area contributed by atoms with Gasteiger partial charge in [0, 0.05) is 36.2 Å². The van der Waals surface area contributed by atoms with Crippen molar-refractivity contribution >= 4 is 11.8 Å². The van der Waals surface area contributed by atoms with E-state index in [0.717, 1.165) is 23.3 Å². The molecule has 0 aromatic rings. The summed E-state index contributed by atoms with van der Waals surface area (Å²) in [6.07, 6.45) is 2.81. The van der Waals surface area contributed by atoms with Gasteiger partial charge in [-0.1, -0.05) is 13.8 Å². The second-order valence-electron chi connectivity index (χ2n) is 5.60. The lowest BCUT2D eigenvalue weighted by atomic mass is 10.1. The van der Waals surface area contributed by atoms with Crippen molar-refractivity contribution in [2.45, 2.75) is 50.9 Å². The lowest BCUT2D eigenvalue weighted by Crippen LogP contribution is -2.47. The fourth-order valence-electron chi connectivity index (χ4n) is 2.37. The monoisotopic (exact) mass is 242 g/mol. The summed E-state index contributed by atoms with van der Waals surface area (Å²) < 4.78 is 0. The Morgan fingerprint density at radius 2 is 2.12 bits per heavy atom. The van der Waals surface area contributed by atoms with Crippen LogP contribution in [0.4, 0.5) is 0 Å². The van der Waals surface area contributed by atoms with Crippen LogP contribution in [0.15, 0.2) is 0 Å². The first-order valence-electron chi connectivity index (χ1n) is 6.76. The number of hydrogen-bond acceptors (Lipinski definition) is 3. The van der Waals surface area contributed by atoms with Gasteiger partial charge < -0.3 is 5.32 Å². The summed E-state index contributed by atoms with van der Waals surface area (Å²) in [5.41, 5.74) is 0. The molecule has 3 atom stereocenters. The Morgan fingerprint density at radius 1 is 1.38 bits per heavy atom. The average molecular weight is 242 g/mol. The molecule has 3 heteroatoms. The van der Waals surface area contributed by atoms with Crippen LogP contribution >= 0.6 is 11.8 Å². The van der Waals surface area contributed by atoms with Gasteiger partial charge in [-0.05, 0) is 32.2 Å². The maximum atomic E-state index is 3.64. The fourth-order valence-corrected chi connectivity index (χ4v) is 3.54. The lowest BCUT2D eigenvalue weighted by Gasteiger charge is -2.38. The lowest BCUT2D eigenvalue weighted by molar-refractivity contribution is 0.183. The van der Waals surface area contributed by atoms with E-state index < -0.39 is 0 Å². The Bertz CT molecular complexity index is 218. The molecule has 1 saturated carbocycles. The Balaban J connectivity index is 1.69. The molecule has 1 heterocycles. The number of nitrogens with one attached hydrogen (secondary N) is 1. The van der Waals surface area contributed by atoms with Crippen molar-refractivity contribution in [3.8, 4) is 0 Å². The second kappa shape index (κ2) is 5.74. The van der Waals surface area contributed by atoms with Gasteiger partial charge in [0.2, 0.25) is 0 Å². The molecule has 2 aliphatic rings. The van der Waals surface area contributed by atoms with E-state index in [4.69, 9.17) is 0 Å². The highest BCUT2D eigenvalue weighted by atomic mass is 32.2. The van der Waals surface area contributed by atoms with Gasteiger partial charge in [0.1, 0.15) is 0 Å². The summed E-state index contributed by atoms with van der Waals surface area (Å²) in [6, 6.07) is 1.61. The van der Waals surface area contributed by atoms with Gasteiger partial charge >= 0.3 is 0 Å². The van der Waals surface area contributed by atoms with Crippen LogP contribution in [0.5, 0.6) is 0 Å². The molecule has 0 aromatic heterocycles. The number of rotatable bonds is 5. The van der Waals surface area contributed by atoms with E-state index in [1.165, 1.54) is 38.2 Å². The Labute approximate surface area is 105 Å². The van der Waals surface area contributed by atoms with Crippen LogP contribution in [0.1, 0.15) is 33.6 Å². The third-order valence-corrected chi connectivity index (χ3v) is 5.23. The van der Waals surface area contributed by atoms with Crippen molar-refractivity contribution in [2.24, 2.45) is 5.92 Å². The highest BCUT2D eigenvalue weighted by Gasteiger charge is 2.26. The molecule has 0 aromatic carbocycles. The Kier molecular flexibility index (Phi) is 4.57. The predicted molar refractivity (Wildman–Crippen MR) is 73.1 cm³/mol. The molecule has 0 amide bonds. The van der Waals surface area contributed by atoms with Crippen molar-refractivity contribution in [1.82, 2.24) is 10.2 Å². The van der Waals surface area contributed by atoms with Crippen LogP contribution in [0.2, 0.25) is 0 Å². The van der Waals surface area contributed by atoms with Gasteiger partial charge in [-0.2, -0.15) is 11.8 Å². The molecule has 2 nitrogen and oxygen atoms in total. The highest BCUT2D eigenvalue weighted by Crippen LogP contribution is 2.25. The van der Waals surface area contributed by atoms with Crippen LogP contribution in [0.3, 0.4) is 0 Å². The first kappa shape index (κ1) is 12.7. The first-order valence-corrected chi connectivity index (χ1v) is 7.80. The van der Waals surface area contributed by atoms with Crippen molar-refractivity contribution in [3.63, 3.8) is 0 Å². The fraction of sp³-hybridized carbons (Fsp3) is 1.00. The molecule has 3 unspecified atom stereocenters. The molecular formula is C13H26N2S. The molecule has 1 aliphatic carbocycles. The standard InChI is InChI=1S/C13H26N2S/c1-10(8-14-13-4-5-13)9-15-6-7-16-12(3)11(15)2/h10-14H,4-9H2,1-3H3. The number of thioether (sulfide) groups is 1. The van der Waals surface area contributed by atoms with Crippen LogP contribution < -0.4 is 5.32 Å². The summed E-state index contributed by atoms with van der Waals surface area (Å²) in [5, 5.41) is 4.44. The molecule has 0 bridgehead atoms. The topological polar surface area (TPSA) is 15.3 Å². The highest BCUT2D eigenvalue weighted by molar-refractivity contribution is 8.00. The van der Waals surface area contributed by atoms with E-state index in [1.807, 2.05) is 0 Å². The summed E-state index contributed by atoms with van der Waals surface area (Å²) in [6.45, 7) is 10.9. The number of hydrogen-bond donors (Lipinski definition) is 1. The zero-order valence-electron chi connectivity index (χ0n) is 10.9. The van der Waals surface area contributed by atoms with Gasteiger partial charge in [-0.25, -0.2) is 0 Å². The SMILES string of the molecule is CC(CNC1CC1)CN1CCSC(C)C1C. The third-order valence-electron chi connectivity index (χ3n) is 3.89. The van der Waals surface area contributed by atoms with Crippen molar-refractivity contribution in [1.29, 1.82) is 0 Å². The molecule has 2 fully saturated rings. The molecule has 1 aliphatic heterocycles. The zero-order valence-corrected chi connectivity index (χ0v) is 11.7. The van der Waals surface area contributed by atoms with Gasteiger partial charge in [-0.3, -0.25) is 4.90 Å². The minimum atomic E-state index is 0.752. The smallest absolute Gasteiger partial charge is 0.0184 e. The quantitative estimate of drug-likeness (QED) is 0.796. The van der Waals surface area contributed by atoms with Crippen LogP contribution in [0.25, 0.3) is 0 Å². The Morgan fingerprint density at radius 3 is 2.81 bits per heavy atom. The molecule has 1 N–H and O–H groups in total. The Hall–Kier alpha value is 0.270. The van der Waals surface area contributed by atoms with Crippen LogP contribution in [0, 0.1) is 5.92 Å². The van der Waals surface area contributed by atoms with Gasteiger partial charge in [0.15, 0.2) is 0 Å². The maximum absolute atomic E-state index is 3.64.